The van der Waals surface area contributed by atoms with Crippen molar-refractivity contribution in [3.8, 4) is 45.4 Å². The van der Waals surface area contributed by atoms with E-state index in [-0.39, 0.29) is 11.5 Å². The summed E-state index contributed by atoms with van der Waals surface area (Å²) in [5.74, 6) is -0.323. The molecule has 0 amide bonds. The standard InChI is InChI=1S/C21H15N3O2/c25-20-8-7-14(13-21(20)26)15-11-18(16-5-1-3-9-22-16)24-19(12-15)17-6-2-4-10-23-17/h1-13,25-26H. The van der Waals surface area contributed by atoms with E-state index in [9.17, 15) is 10.2 Å². The van der Waals surface area contributed by atoms with Crippen molar-refractivity contribution in [2.24, 2.45) is 0 Å². The Bertz CT molecular complexity index is 994. The smallest absolute Gasteiger partial charge is 0.158 e. The number of aromatic nitrogens is 3. The van der Waals surface area contributed by atoms with E-state index in [0.29, 0.717) is 11.4 Å². The minimum Gasteiger partial charge on any atom is -0.504 e. The molecule has 4 rings (SSSR count). The van der Waals surface area contributed by atoms with Gasteiger partial charge < -0.3 is 10.2 Å². The molecule has 0 aliphatic carbocycles. The average molecular weight is 341 g/mol. The molecule has 2 N–H and O–H groups in total. The molecule has 5 nitrogen and oxygen atoms in total. The molecule has 0 bridgehead atoms. The van der Waals surface area contributed by atoms with Gasteiger partial charge in [-0.05, 0) is 59.7 Å². The van der Waals surface area contributed by atoms with Gasteiger partial charge in [-0.3, -0.25) is 9.97 Å². The zero-order valence-electron chi connectivity index (χ0n) is 13.7. The molecule has 26 heavy (non-hydrogen) atoms. The summed E-state index contributed by atoms with van der Waals surface area (Å²) in [6, 6.07) is 19.8. The van der Waals surface area contributed by atoms with Crippen LogP contribution in [0.4, 0.5) is 0 Å². The van der Waals surface area contributed by atoms with E-state index in [0.717, 1.165) is 22.5 Å². The van der Waals surface area contributed by atoms with Crippen LogP contribution in [0.3, 0.4) is 0 Å². The molecule has 0 spiro atoms. The Morgan fingerprint density at radius 3 is 1.65 bits per heavy atom. The van der Waals surface area contributed by atoms with E-state index < -0.39 is 0 Å². The van der Waals surface area contributed by atoms with Gasteiger partial charge in [0.05, 0.1) is 22.8 Å². The average Bonchev–Trinajstić information content (AvgIpc) is 2.71. The lowest BCUT2D eigenvalue weighted by atomic mass is 10.0. The third-order valence-electron chi connectivity index (χ3n) is 3.99. The largest absolute Gasteiger partial charge is 0.504 e. The molecule has 0 atom stereocenters. The summed E-state index contributed by atoms with van der Waals surface area (Å²) < 4.78 is 0. The molecule has 3 heterocycles. The molecule has 0 unspecified atom stereocenters. The van der Waals surface area contributed by atoms with Crippen LogP contribution < -0.4 is 0 Å². The number of phenolic OH excluding ortho intramolecular Hbond substituents is 2. The Labute approximate surface area is 150 Å². The van der Waals surface area contributed by atoms with E-state index in [4.69, 9.17) is 4.98 Å². The third kappa shape index (κ3) is 3.10. The first-order chi connectivity index (χ1) is 12.7. The Morgan fingerprint density at radius 2 is 1.15 bits per heavy atom. The van der Waals surface area contributed by atoms with E-state index >= 15 is 0 Å². The minimum absolute atomic E-state index is 0.155. The molecule has 5 heteroatoms. The van der Waals surface area contributed by atoms with Gasteiger partial charge in [0.25, 0.3) is 0 Å². The van der Waals surface area contributed by atoms with E-state index in [2.05, 4.69) is 9.97 Å². The van der Waals surface area contributed by atoms with Crippen molar-refractivity contribution < 1.29 is 10.2 Å². The Morgan fingerprint density at radius 1 is 0.538 bits per heavy atom. The van der Waals surface area contributed by atoms with Gasteiger partial charge >= 0.3 is 0 Å². The van der Waals surface area contributed by atoms with Gasteiger partial charge in [-0.2, -0.15) is 0 Å². The van der Waals surface area contributed by atoms with Crippen molar-refractivity contribution in [2.75, 3.05) is 0 Å². The van der Waals surface area contributed by atoms with Crippen LogP contribution >= 0.6 is 0 Å². The van der Waals surface area contributed by atoms with Crippen molar-refractivity contribution >= 4 is 0 Å². The summed E-state index contributed by atoms with van der Waals surface area (Å²) in [6.45, 7) is 0. The zero-order valence-corrected chi connectivity index (χ0v) is 13.7. The fourth-order valence-electron chi connectivity index (χ4n) is 2.69. The summed E-state index contributed by atoms with van der Waals surface area (Å²) in [5.41, 5.74) is 4.50. The predicted octanol–water partition coefficient (Wildman–Crippen LogP) is 4.28. The lowest BCUT2D eigenvalue weighted by Crippen LogP contribution is -1.93. The minimum atomic E-state index is -0.168. The van der Waals surface area contributed by atoms with Crippen LogP contribution in [0.2, 0.25) is 0 Å². The zero-order chi connectivity index (χ0) is 17.9. The number of pyridine rings is 3. The van der Waals surface area contributed by atoms with Crippen LogP contribution in [0.15, 0.2) is 79.1 Å². The van der Waals surface area contributed by atoms with Gasteiger partial charge in [-0.1, -0.05) is 18.2 Å². The summed E-state index contributed by atoms with van der Waals surface area (Å²) in [4.78, 5) is 13.5. The summed E-state index contributed by atoms with van der Waals surface area (Å²) in [6.07, 6.45) is 3.44. The molecule has 0 fully saturated rings. The van der Waals surface area contributed by atoms with Gasteiger partial charge in [-0.15, -0.1) is 0 Å². The van der Waals surface area contributed by atoms with Gasteiger partial charge in [-0.25, -0.2) is 4.98 Å². The quantitative estimate of drug-likeness (QED) is 0.544. The maximum atomic E-state index is 9.84. The molecule has 0 aliphatic rings. The highest BCUT2D eigenvalue weighted by Crippen LogP contribution is 2.33. The number of hydrogen-bond donors (Lipinski definition) is 2. The topological polar surface area (TPSA) is 79.1 Å². The van der Waals surface area contributed by atoms with Crippen LogP contribution in [-0.4, -0.2) is 25.2 Å². The Balaban J connectivity index is 1.92. The van der Waals surface area contributed by atoms with E-state index in [1.165, 1.54) is 12.1 Å². The SMILES string of the molecule is Oc1ccc(-c2cc(-c3ccccn3)nc(-c3ccccn3)c2)cc1O. The monoisotopic (exact) mass is 341 g/mol. The lowest BCUT2D eigenvalue weighted by Gasteiger charge is -2.10. The van der Waals surface area contributed by atoms with Gasteiger partial charge in [0.1, 0.15) is 0 Å². The first-order valence-electron chi connectivity index (χ1n) is 8.08. The number of hydrogen-bond acceptors (Lipinski definition) is 5. The van der Waals surface area contributed by atoms with E-state index in [1.54, 1.807) is 18.5 Å². The fourth-order valence-corrected chi connectivity index (χ4v) is 2.69. The molecular formula is C21H15N3O2. The summed E-state index contributed by atoms with van der Waals surface area (Å²) in [7, 11) is 0. The molecule has 126 valence electrons. The lowest BCUT2D eigenvalue weighted by molar-refractivity contribution is 0.404. The molecular weight excluding hydrogens is 326 g/mol. The van der Waals surface area contributed by atoms with Crippen molar-refractivity contribution in [1.82, 2.24) is 15.0 Å². The number of benzene rings is 1. The van der Waals surface area contributed by atoms with Crippen LogP contribution in [0, 0.1) is 0 Å². The molecule has 4 aromatic rings. The van der Waals surface area contributed by atoms with Crippen molar-refractivity contribution in [3.63, 3.8) is 0 Å². The van der Waals surface area contributed by atoms with E-state index in [1.807, 2.05) is 48.5 Å². The van der Waals surface area contributed by atoms with Crippen molar-refractivity contribution in [3.05, 3.63) is 79.1 Å². The van der Waals surface area contributed by atoms with Gasteiger partial charge in [0, 0.05) is 12.4 Å². The van der Waals surface area contributed by atoms with Crippen LogP contribution in [0.5, 0.6) is 11.5 Å². The highest BCUT2D eigenvalue weighted by Gasteiger charge is 2.11. The number of phenols is 2. The number of aromatic hydroxyl groups is 2. The van der Waals surface area contributed by atoms with Gasteiger partial charge in [0.15, 0.2) is 11.5 Å². The Kier molecular flexibility index (Phi) is 4.03. The van der Waals surface area contributed by atoms with Crippen LogP contribution in [-0.2, 0) is 0 Å². The highest BCUT2D eigenvalue weighted by atomic mass is 16.3. The molecule has 0 saturated carbocycles. The van der Waals surface area contributed by atoms with Gasteiger partial charge in [0.2, 0.25) is 0 Å². The number of nitrogens with zero attached hydrogens (tertiary/aromatic N) is 3. The Hall–Kier alpha value is -3.73. The second-order valence-electron chi connectivity index (χ2n) is 5.76. The van der Waals surface area contributed by atoms with Crippen LogP contribution in [0.25, 0.3) is 33.9 Å². The predicted molar refractivity (Wildman–Crippen MR) is 99.5 cm³/mol. The third-order valence-corrected chi connectivity index (χ3v) is 3.99. The first-order valence-corrected chi connectivity index (χ1v) is 8.08. The summed E-state index contributed by atoms with van der Waals surface area (Å²) >= 11 is 0. The molecule has 0 radical (unpaired) electrons. The second-order valence-corrected chi connectivity index (χ2v) is 5.76. The first kappa shape index (κ1) is 15.8. The second kappa shape index (κ2) is 6.64. The molecule has 3 aromatic heterocycles. The maximum Gasteiger partial charge on any atom is 0.158 e. The number of rotatable bonds is 3. The van der Waals surface area contributed by atoms with Crippen LogP contribution in [0.1, 0.15) is 0 Å². The highest BCUT2D eigenvalue weighted by molar-refractivity contribution is 5.75. The summed E-state index contributed by atoms with van der Waals surface area (Å²) in [5, 5.41) is 19.4. The molecule has 0 saturated heterocycles. The van der Waals surface area contributed by atoms with Crippen molar-refractivity contribution in [2.45, 2.75) is 0 Å². The maximum absolute atomic E-state index is 9.84. The molecule has 0 aliphatic heterocycles. The van der Waals surface area contributed by atoms with Crippen molar-refractivity contribution in [1.29, 1.82) is 0 Å². The molecule has 1 aromatic carbocycles. The normalized spacial score (nSPS) is 10.6. The fraction of sp³-hybridized carbons (Fsp3) is 0.